The maximum Gasteiger partial charge on any atom is 0.317 e. The van der Waals surface area contributed by atoms with E-state index in [9.17, 15) is 61.8 Å². The van der Waals surface area contributed by atoms with Gasteiger partial charge in [-0.15, -0.1) is 6.42 Å². The minimum atomic E-state index is -3.12. The van der Waals surface area contributed by atoms with Crippen LogP contribution in [0, 0.1) is 15.9 Å². The van der Waals surface area contributed by atoms with Crippen molar-refractivity contribution in [1.82, 2.24) is 60.6 Å². The van der Waals surface area contributed by atoms with E-state index in [1.54, 1.807) is 39.8 Å². The van der Waals surface area contributed by atoms with Crippen molar-refractivity contribution < 1.29 is 80.8 Å². The number of ether oxygens (including phenoxy) is 4. The van der Waals surface area contributed by atoms with Gasteiger partial charge in [0.1, 0.15) is 31.3 Å². The first kappa shape index (κ1) is 77.0. The number of terminal acetylenes is 1. The summed E-state index contributed by atoms with van der Waals surface area (Å²) in [5.41, 5.74) is 1.83. The third kappa shape index (κ3) is 26.9. The van der Waals surface area contributed by atoms with Crippen LogP contribution in [-0.2, 0) is 63.8 Å². The van der Waals surface area contributed by atoms with Crippen molar-refractivity contribution in [1.29, 1.82) is 0 Å². The molecule has 6 amide bonds. The second-order valence-corrected chi connectivity index (χ2v) is 24.9. The number of benzene rings is 2. The molecule has 3 aromatic rings. The Balaban J connectivity index is 1.05. The number of nitrogens with one attached hydrogen (secondary N) is 4. The predicted molar refractivity (Wildman–Crippen MR) is 356 cm³/mol. The minimum Gasteiger partial charge on any atom is -0.494 e. The third-order valence-electron chi connectivity index (χ3n) is 16.5. The van der Waals surface area contributed by atoms with Crippen LogP contribution in [0.5, 0.6) is 5.75 Å². The molecule has 0 aliphatic carbocycles. The number of carboxylic acid groups (broad SMARTS) is 1. The van der Waals surface area contributed by atoms with Crippen molar-refractivity contribution in [3.05, 3.63) is 69.4 Å². The van der Waals surface area contributed by atoms with Gasteiger partial charge in [-0.3, -0.25) is 82.4 Å². The molecule has 0 saturated carbocycles. The third-order valence-corrected chi connectivity index (χ3v) is 17.2. The van der Waals surface area contributed by atoms with Crippen molar-refractivity contribution in [2.45, 2.75) is 95.2 Å². The number of esters is 1. The number of halogens is 3. The van der Waals surface area contributed by atoms with Gasteiger partial charge in [0, 0.05) is 113 Å². The minimum absolute atomic E-state index is 0.0437. The SMILES string of the molecule is C#C[C@H]1CC(F)(F)CN1C(=O)CNC(=O)c1ccnc2ccc(OCCCCN3CCN(C(=O)[C@H](CC(=O)OC)NC(=O)[C@H](CCCC/N=C(\C)NC(=O)CCCc4ccc(I)cc4)NC(=O)CN4CCN(COC=O)CCN(COC=O)CCN(CC(=O)O)CC4)CC3)cc12. The lowest BCUT2D eigenvalue weighted by Gasteiger charge is -2.36. The van der Waals surface area contributed by atoms with Gasteiger partial charge in [0.2, 0.25) is 29.5 Å². The Morgan fingerprint density at radius 2 is 1.44 bits per heavy atom. The first-order valence-corrected chi connectivity index (χ1v) is 33.1. The Kier molecular flexibility index (Phi) is 32.5. The van der Waals surface area contributed by atoms with E-state index in [4.69, 9.17) is 25.4 Å². The van der Waals surface area contributed by atoms with E-state index in [0.29, 0.717) is 120 Å². The summed E-state index contributed by atoms with van der Waals surface area (Å²) in [5.74, 6) is -5.15. The molecule has 3 fully saturated rings. The average molecular weight is 1460 g/mol. The van der Waals surface area contributed by atoms with Gasteiger partial charge >= 0.3 is 11.9 Å². The van der Waals surface area contributed by atoms with Crippen LogP contribution in [0.1, 0.15) is 80.6 Å². The number of hydrogen-bond acceptors (Lipinski definition) is 21. The van der Waals surface area contributed by atoms with Crippen molar-refractivity contribution >= 4 is 99.7 Å². The normalized spacial score (nSPS) is 17.7. The quantitative estimate of drug-likeness (QED) is 0.00828. The molecule has 2 aromatic carbocycles. The van der Waals surface area contributed by atoms with E-state index in [0.717, 1.165) is 26.9 Å². The monoisotopic (exact) mass is 1460 g/mol. The number of hydrogen-bond donors (Lipinski definition) is 5. The molecule has 3 atom stereocenters. The molecule has 28 nitrogen and oxygen atoms in total. The van der Waals surface area contributed by atoms with Crippen molar-refractivity contribution in [3.8, 4) is 18.1 Å². The van der Waals surface area contributed by atoms with E-state index in [-0.39, 0.29) is 90.3 Å². The second-order valence-electron chi connectivity index (χ2n) is 23.6. The Labute approximate surface area is 570 Å². The largest absolute Gasteiger partial charge is 0.494 e. The summed E-state index contributed by atoms with van der Waals surface area (Å²) in [6.45, 7) is 5.34. The van der Waals surface area contributed by atoms with Crippen molar-refractivity contribution in [3.63, 3.8) is 0 Å². The van der Waals surface area contributed by atoms with E-state index in [1.807, 2.05) is 34.1 Å². The molecular weight excluding hydrogens is 1370 g/mol. The number of likely N-dealkylation sites (tertiary alicyclic amines) is 1. The number of unbranched alkanes of at least 4 members (excludes halogenated alkanes) is 2. The van der Waals surface area contributed by atoms with Crippen LogP contribution in [0.4, 0.5) is 8.78 Å². The molecule has 4 heterocycles. The van der Waals surface area contributed by atoms with Gasteiger partial charge in [-0.05, 0) is 123 Å². The summed E-state index contributed by atoms with van der Waals surface area (Å²) in [6.07, 6.45) is 9.63. The molecule has 524 valence electrons. The number of aryl methyl sites for hydroxylation is 1. The number of carbonyl (C=O) groups excluding carboxylic acids is 9. The van der Waals surface area contributed by atoms with Gasteiger partial charge in [0.25, 0.3) is 24.8 Å². The summed E-state index contributed by atoms with van der Waals surface area (Å²) in [7, 11) is 1.17. The molecule has 0 radical (unpaired) electrons. The highest BCUT2D eigenvalue weighted by Gasteiger charge is 2.46. The number of amidine groups is 1. The lowest BCUT2D eigenvalue weighted by molar-refractivity contribution is -0.147. The number of carbonyl (C=O) groups is 10. The summed E-state index contributed by atoms with van der Waals surface area (Å²) in [4.78, 5) is 150. The molecule has 5 N–H and O–H groups in total. The summed E-state index contributed by atoms with van der Waals surface area (Å²) in [6, 6.07) is 11.0. The van der Waals surface area contributed by atoms with Crippen LogP contribution in [0.2, 0.25) is 0 Å². The molecule has 0 bridgehead atoms. The highest BCUT2D eigenvalue weighted by Crippen LogP contribution is 2.32. The fourth-order valence-electron chi connectivity index (χ4n) is 11.2. The highest BCUT2D eigenvalue weighted by molar-refractivity contribution is 14.1. The first-order chi connectivity index (χ1) is 46.1. The maximum absolute atomic E-state index is 14.5. The fraction of sp³-hybridized carbons (Fsp3) is 0.569. The zero-order chi connectivity index (χ0) is 69.4. The smallest absolute Gasteiger partial charge is 0.317 e. The molecular formula is C65H88F2IN13O15. The summed E-state index contributed by atoms with van der Waals surface area (Å²) in [5, 5.41) is 21.2. The zero-order valence-corrected chi connectivity index (χ0v) is 56.6. The van der Waals surface area contributed by atoms with E-state index in [2.05, 4.69) is 64.7 Å². The second kappa shape index (κ2) is 40.5. The Bertz CT molecular complexity index is 3170. The number of pyridine rings is 1. The standard InChI is InChI=1S/C65H88F2IN13O15/c1-4-50-38-65(66,67)42-81(50)59(86)39-71-62(90)52-19-21-70-54-18-17-51(36-53(52)54)96-35-8-7-22-75-31-33-80(34-32-75)64(92)56(37-61(89)93-3)74-63(91)55(11-5-6-20-69-47(2)72-57(84)12-9-10-48-13-15-49(68)16-14-48)73-58(85)40-76-23-24-77(41-60(87)88)26-28-79(44-95-46-83)30-29-78(27-25-76)43-94-45-82/h1,13-19,21,36,45-46,50,55-56H,5-12,20,22-35,37-44H2,2-3H3,(H,71,90)(H,73,85)(H,74,91)(H,87,88)(H,69,72,84)/t50-,55-,56-/m0/s1. The number of piperazine rings is 1. The number of rotatable bonds is 34. The van der Waals surface area contributed by atoms with E-state index >= 15 is 0 Å². The average Bonchev–Trinajstić information content (AvgIpc) is 0.991. The van der Waals surface area contributed by atoms with Gasteiger partial charge in [-0.1, -0.05) is 18.1 Å². The Morgan fingerprint density at radius 1 is 0.792 bits per heavy atom. The fourth-order valence-corrected chi connectivity index (χ4v) is 11.6. The van der Waals surface area contributed by atoms with Gasteiger partial charge in [-0.2, -0.15) is 0 Å². The van der Waals surface area contributed by atoms with Gasteiger partial charge < -0.3 is 55.1 Å². The number of methoxy groups -OCH3 is 1. The van der Waals surface area contributed by atoms with E-state index < -0.39 is 91.5 Å². The van der Waals surface area contributed by atoms with Crippen molar-refractivity contribution in [2.24, 2.45) is 4.99 Å². The van der Waals surface area contributed by atoms with Crippen LogP contribution in [0.15, 0.2) is 59.7 Å². The molecule has 31 heteroatoms. The number of carboxylic acids is 1. The van der Waals surface area contributed by atoms with Gasteiger partial charge in [0.15, 0.2) is 0 Å². The van der Waals surface area contributed by atoms with Crippen LogP contribution >= 0.6 is 22.6 Å². The number of amides is 6. The maximum atomic E-state index is 14.5. The van der Waals surface area contributed by atoms with Gasteiger partial charge in [0.05, 0.1) is 69.3 Å². The zero-order valence-electron chi connectivity index (χ0n) is 54.4. The van der Waals surface area contributed by atoms with Crippen LogP contribution < -0.4 is 26.0 Å². The van der Waals surface area contributed by atoms with Crippen LogP contribution in [-0.4, -0.2) is 280 Å². The first-order valence-electron chi connectivity index (χ1n) is 32.0. The van der Waals surface area contributed by atoms with Gasteiger partial charge in [-0.25, -0.2) is 8.78 Å². The molecule has 96 heavy (non-hydrogen) atoms. The Hall–Kier alpha value is -8.03. The number of aromatic nitrogens is 1. The number of fused-ring (bicyclic) bond motifs is 1. The molecule has 3 aliphatic heterocycles. The van der Waals surface area contributed by atoms with Crippen LogP contribution in [0.3, 0.4) is 0 Å². The number of aliphatic imine (C=N–C) groups is 1. The Morgan fingerprint density at radius 3 is 2.07 bits per heavy atom. The molecule has 3 saturated heterocycles. The molecule has 3 aliphatic rings. The molecule has 0 spiro atoms. The summed E-state index contributed by atoms with van der Waals surface area (Å²) >= 11 is 2.24. The predicted octanol–water partition coefficient (Wildman–Crippen LogP) is 1.57. The molecule has 0 unspecified atom stereocenters. The lowest BCUT2D eigenvalue weighted by Crippen LogP contribution is -2.58. The highest BCUT2D eigenvalue weighted by atomic mass is 127. The lowest BCUT2D eigenvalue weighted by atomic mass is 10.1. The topological polar surface area (TPSA) is 324 Å². The number of aliphatic carboxylic acids is 1. The molecule has 6 rings (SSSR count). The van der Waals surface area contributed by atoms with Crippen LogP contribution in [0.25, 0.3) is 10.9 Å². The summed E-state index contributed by atoms with van der Waals surface area (Å²) < 4.78 is 50.3. The number of alkyl halides is 2. The molecule has 1 aromatic heterocycles. The van der Waals surface area contributed by atoms with Crippen molar-refractivity contribution in [2.75, 3.05) is 145 Å². The van der Waals surface area contributed by atoms with E-state index in [1.165, 1.54) is 19.4 Å². The number of nitrogens with zero attached hydrogens (tertiary/aromatic N) is 9.